The minimum atomic E-state index is -0.704. The van der Waals surface area contributed by atoms with Gasteiger partial charge in [-0.2, -0.15) is 0 Å². The quantitative estimate of drug-likeness (QED) is 0.549. The van der Waals surface area contributed by atoms with Crippen LogP contribution < -0.4 is 10.6 Å². The molecule has 3 amide bonds. The first-order valence-electron chi connectivity index (χ1n) is 12.3. The molecule has 0 radical (unpaired) electrons. The Morgan fingerprint density at radius 1 is 1.21 bits per heavy atom. The highest BCUT2D eigenvalue weighted by molar-refractivity contribution is 8.02. The summed E-state index contributed by atoms with van der Waals surface area (Å²) in [5.41, 5.74) is 0.241. The van der Waals surface area contributed by atoms with Crippen molar-refractivity contribution in [1.29, 1.82) is 0 Å². The first kappa shape index (κ1) is 25.0. The van der Waals surface area contributed by atoms with Gasteiger partial charge < -0.3 is 20.6 Å². The summed E-state index contributed by atoms with van der Waals surface area (Å²) in [6, 6.07) is 8.12. The first-order chi connectivity index (χ1) is 16.0. The van der Waals surface area contributed by atoms with Crippen molar-refractivity contribution < 1.29 is 19.5 Å². The molecule has 1 aromatic carbocycles. The zero-order valence-electron chi connectivity index (χ0n) is 20.7. The molecule has 1 spiro atoms. The molecule has 4 rings (SSSR count). The Morgan fingerprint density at radius 2 is 1.88 bits per heavy atom. The maximum Gasteiger partial charge on any atom is 0.244 e. The Hall–Kier alpha value is -2.06. The van der Waals surface area contributed by atoms with E-state index in [-0.39, 0.29) is 35.5 Å². The van der Waals surface area contributed by atoms with E-state index in [1.807, 2.05) is 65.0 Å². The van der Waals surface area contributed by atoms with Gasteiger partial charge in [0.05, 0.1) is 29.2 Å². The summed E-state index contributed by atoms with van der Waals surface area (Å²) >= 11 is 1.65. The molecule has 2 bridgehead atoms. The van der Waals surface area contributed by atoms with Gasteiger partial charge in [-0.3, -0.25) is 14.4 Å². The third-order valence-electron chi connectivity index (χ3n) is 7.18. The molecule has 0 aromatic heterocycles. The van der Waals surface area contributed by atoms with Gasteiger partial charge in [0, 0.05) is 16.5 Å². The first-order valence-corrected chi connectivity index (χ1v) is 13.2. The van der Waals surface area contributed by atoms with Gasteiger partial charge in [-0.1, -0.05) is 32.0 Å². The van der Waals surface area contributed by atoms with Crippen molar-refractivity contribution >= 4 is 35.2 Å². The Kier molecular flexibility index (Phi) is 6.77. The molecule has 34 heavy (non-hydrogen) atoms. The third-order valence-corrected chi connectivity index (χ3v) is 9.13. The second kappa shape index (κ2) is 9.19. The molecule has 7 nitrogen and oxygen atoms in total. The molecule has 2 unspecified atom stereocenters. The average molecular weight is 488 g/mol. The third kappa shape index (κ3) is 4.35. The summed E-state index contributed by atoms with van der Waals surface area (Å²) in [6.07, 6.45) is 2.11. The number of anilines is 1. The molecule has 0 aliphatic carbocycles. The van der Waals surface area contributed by atoms with E-state index < -0.39 is 34.2 Å². The smallest absolute Gasteiger partial charge is 0.244 e. The lowest BCUT2D eigenvalue weighted by Gasteiger charge is -2.39. The Balaban J connectivity index is 1.72. The fourth-order valence-corrected chi connectivity index (χ4v) is 8.30. The van der Waals surface area contributed by atoms with Crippen LogP contribution in [0.5, 0.6) is 0 Å². The number of hydrogen-bond donors (Lipinski definition) is 3. The number of aliphatic hydroxyl groups is 1. The number of amides is 3. The zero-order valence-corrected chi connectivity index (χ0v) is 21.5. The van der Waals surface area contributed by atoms with E-state index in [0.717, 1.165) is 6.42 Å². The molecule has 6 atom stereocenters. The molecule has 3 N–H and O–H groups in total. The van der Waals surface area contributed by atoms with Crippen LogP contribution in [0.25, 0.3) is 0 Å². The number of para-hydroxylation sites is 1. The summed E-state index contributed by atoms with van der Waals surface area (Å²) in [5, 5.41) is 16.4. The second-order valence-electron chi connectivity index (χ2n) is 11.4. The Bertz CT molecular complexity index is 947. The minimum Gasteiger partial charge on any atom is -0.394 e. The van der Waals surface area contributed by atoms with E-state index in [0.29, 0.717) is 18.5 Å². The van der Waals surface area contributed by atoms with Crippen LogP contribution in [0.4, 0.5) is 5.69 Å². The molecular formula is C26H37N3O4S. The standard InChI is InChI=1S/C26H37N3O4S/c1-15(2)13-17(14-30)29-21(23(32)28-25(3,4)5)26-12-11-18(34-26)19(20(26)24(29)33)22(31)27-16-9-7-6-8-10-16/h6-10,15,17-21,30H,11-14H2,1-5H3,(H,27,31)(H,28,32)/t17-,18+,19-,20+,21?,26?/m1/s1. The predicted molar refractivity (Wildman–Crippen MR) is 134 cm³/mol. The lowest BCUT2D eigenvalue weighted by molar-refractivity contribution is -0.142. The van der Waals surface area contributed by atoms with Crippen LogP contribution in [0.2, 0.25) is 0 Å². The van der Waals surface area contributed by atoms with Gasteiger partial charge in [0.25, 0.3) is 0 Å². The number of carbonyl (C=O) groups excluding carboxylic acids is 3. The fraction of sp³-hybridized carbons (Fsp3) is 0.654. The van der Waals surface area contributed by atoms with Crippen LogP contribution in [-0.2, 0) is 14.4 Å². The van der Waals surface area contributed by atoms with Gasteiger partial charge >= 0.3 is 0 Å². The highest BCUT2D eigenvalue weighted by Crippen LogP contribution is 2.66. The molecule has 3 heterocycles. The van der Waals surface area contributed by atoms with Crippen LogP contribution in [0.1, 0.15) is 53.9 Å². The number of carbonyl (C=O) groups is 3. The number of aliphatic hydroxyl groups excluding tert-OH is 1. The molecule has 0 saturated carbocycles. The monoisotopic (exact) mass is 487 g/mol. The van der Waals surface area contributed by atoms with Gasteiger partial charge in [-0.15, -0.1) is 11.8 Å². The fourth-order valence-electron chi connectivity index (χ4n) is 6.09. The second-order valence-corrected chi connectivity index (χ2v) is 13.0. The van der Waals surface area contributed by atoms with Crippen LogP contribution in [0.15, 0.2) is 30.3 Å². The van der Waals surface area contributed by atoms with Crippen molar-refractivity contribution in [1.82, 2.24) is 10.2 Å². The number of fused-ring (bicyclic) bond motifs is 1. The number of thioether (sulfide) groups is 1. The van der Waals surface area contributed by atoms with Crippen LogP contribution in [0, 0.1) is 17.8 Å². The van der Waals surface area contributed by atoms with Gasteiger partial charge in [0.2, 0.25) is 17.7 Å². The molecule has 3 aliphatic heterocycles. The summed E-state index contributed by atoms with van der Waals surface area (Å²) in [6.45, 7) is 9.66. The van der Waals surface area contributed by atoms with Gasteiger partial charge in [-0.05, 0) is 58.1 Å². The number of nitrogens with one attached hydrogen (secondary N) is 2. The number of benzene rings is 1. The van der Waals surface area contributed by atoms with E-state index in [9.17, 15) is 19.5 Å². The molecule has 3 fully saturated rings. The Morgan fingerprint density at radius 3 is 2.47 bits per heavy atom. The van der Waals surface area contributed by atoms with Crippen LogP contribution in [0.3, 0.4) is 0 Å². The van der Waals surface area contributed by atoms with Crippen molar-refractivity contribution in [2.24, 2.45) is 17.8 Å². The predicted octanol–water partition coefficient (Wildman–Crippen LogP) is 3.04. The van der Waals surface area contributed by atoms with E-state index >= 15 is 0 Å². The molecular weight excluding hydrogens is 450 g/mol. The number of likely N-dealkylation sites (tertiary alicyclic amines) is 1. The van der Waals surface area contributed by atoms with E-state index in [1.165, 1.54) is 0 Å². The highest BCUT2D eigenvalue weighted by Gasteiger charge is 2.74. The minimum absolute atomic E-state index is 0.00224. The van der Waals surface area contributed by atoms with Gasteiger partial charge in [0.15, 0.2) is 0 Å². The van der Waals surface area contributed by atoms with Crippen LogP contribution in [-0.4, -0.2) is 62.0 Å². The molecule has 8 heteroatoms. The number of nitrogens with zero attached hydrogens (tertiary/aromatic N) is 1. The highest BCUT2D eigenvalue weighted by atomic mass is 32.2. The molecule has 1 aromatic rings. The number of hydrogen-bond acceptors (Lipinski definition) is 5. The van der Waals surface area contributed by atoms with Crippen LogP contribution >= 0.6 is 11.8 Å². The maximum atomic E-state index is 14.0. The van der Waals surface area contributed by atoms with E-state index in [2.05, 4.69) is 10.6 Å². The van der Waals surface area contributed by atoms with Gasteiger partial charge in [-0.25, -0.2) is 0 Å². The van der Waals surface area contributed by atoms with E-state index in [1.54, 1.807) is 16.7 Å². The topological polar surface area (TPSA) is 98.7 Å². The molecule has 3 saturated heterocycles. The van der Waals surface area contributed by atoms with Crippen molar-refractivity contribution in [3.63, 3.8) is 0 Å². The Labute approximate surface area is 206 Å². The summed E-state index contributed by atoms with van der Waals surface area (Å²) in [7, 11) is 0. The maximum absolute atomic E-state index is 14.0. The average Bonchev–Trinajstić information content (AvgIpc) is 3.38. The summed E-state index contributed by atoms with van der Waals surface area (Å²) < 4.78 is -0.653. The van der Waals surface area contributed by atoms with Crippen molar-refractivity contribution in [2.45, 2.75) is 81.5 Å². The van der Waals surface area contributed by atoms with Crippen molar-refractivity contribution in [2.75, 3.05) is 11.9 Å². The largest absolute Gasteiger partial charge is 0.394 e. The summed E-state index contributed by atoms with van der Waals surface area (Å²) in [5.74, 6) is -1.35. The van der Waals surface area contributed by atoms with Gasteiger partial charge in [0.1, 0.15) is 6.04 Å². The lowest BCUT2D eigenvalue weighted by atomic mass is 9.70. The van der Waals surface area contributed by atoms with Crippen molar-refractivity contribution in [3.05, 3.63) is 30.3 Å². The normalized spacial score (nSPS) is 31.0. The summed E-state index contributed by atoms with van der Waals surface area (Å²) in [4.78, 5) is 42.9. The number of rotatable bonds is 7. The van der Waals surface area contributed by atoms with E-state index in [4.69, 9.17) is 0 Å². The molecule has 3 aliphatic rings. The molecule has 186 valence electrons. The SMILES string of the molecule is CC(C)C[C@H](CO)N1C(=O)[C@@H]2[C@H](C(=O)Nc3ccccc3)[C@@H]3CCC2(S3)C1C(=O)NC(C)(C)C. The lowest BCUT2D eigenvalue weighted by Crippen LogP contribution is -2.59. The van der Waals surface area contributed by atoms with Crippen molar-refractivity contribution in [3.8, 4) is 0 Å². The zero-order chi connectivity index (χ0) is 24.8.